The lowest BCUT2D eigenvalue weighted by atomic mass is 10.1. The maximum atomic E-state index is 13.5. The Hall–Kier alpha value is -2.87. The lowest BCUT2D eigenvalue weighted by Gasteiger charge is -2.21. The third-order valence-corrected chi connectivity index (χ3v) is 7.31. The van der Waals surface area contributed by atoms with Gasteiger partial charge in [-0.3, -0.25) is 4.79 Å². The molecule has 0 fully saturated rings. The maximum Gasteiger partial charge on any atom is 0.252 e. The molecule has 0 atom stereocenters. The molecule has 2 aromatic heterocycles. The van der Waals surface area contributed by atoms with Gasteiger partial charge in [0.05, 0.1) is 17.7 Å². The predicted molar refractivity (Wildman–Crippen MR) is 121 cm³/mol. The molecule has 1 N–H and O–H groups in total. The summed E-state index contributed by atoms with van der Waals surface area (Å²) in [7, 11) is -3.96. The molecule has 4 aromatic rings. The van der Waals surface area contributed by atoms with Crippen LogP contribution in [0, 0.1) is 13.8 Å². The van der Waals surface area contributed by atoms with Crippen LogP contribution in [0.5, 0.6) is 0 Å². The molecule has 2 aromatic carbocycles. The van der Waals surface area contributed by atoms with Crippen molar-refractivity contribution >= 4 is 32.5 Å². The zero-order chi connectivity index (χ0) is 22.2. The lowest BCUT2D eigenvalue weighted by Crippen LogP contribution is -2.32. The molecule has 0 saturated heterocycles. The van der Waals surface area contributed by atoms with Crippen LogP contribution < -0.4 is 5.56 Å². The Bertz CT molecular complexity index is 1410. The third-order valence-electron chi connectivity index (χ3n) is 5.12. The number of furan rings is 1. The summed E-state index contributed by atoms with van der Waals surface area (Å²) in [4.78, 5) is 15.6. The molecule has 0 spiro atoms. The first-order chi connectivity index (χ1) is 14.7. The first-order valence-electron chi connectivity index (χ1n) is 9.65. The first-order valence-corrected chi connectivity index (χ1v) is 11.5. The molecule has 0 aliphatic carbocycles. The van der Waals surface area contributed by atoms with Crippen molar-refractivity contribution in [3.05, 3.63) is 98.7 Å². The fraction of sp³-hybridized carbons (Fsp3) is 0.174. The summed E-state index contributed by atoms with van der Waals surface area (Å²) < 4.78 is 33.5. The molecule has 0 amide bonds. The molecule has 0 bridgehead atoms. The highest BCUT2D eigenvalue weighted by Crippen LogP contribution is 2.25. The normalized spacial score (nSPS) is 12.0. The monoisotopic (exact) mass is 456 g/mol. The van der Waals surface area contributed by atoms with Crippen molar-refractivity contribution in [1.82, 2.24) is 9.29 Å². The number of halogens is 1. The van der Waals surface area contributed by atoms with E-state index in [1.807, 2.05) is 25.1 Å². The Morgan fingerprint density at radius 3 is 2.55 bits per heavy atom. The number of hydrogen-bond donors (Lipinski definition) is 1. The molecule has 160 valence electrons. The van der Waals surface area contributed by atoms with Crippen molar-refractivity contribution in [3.8, 4) is 0 Å². The number of aromatic nitrogens is 1. The lowest BCUT2D eigenvalue weighted by molar-refractivity contribution is 0.357. The van der Waals surface area contributed by atoms with Crippen LogP contribution in [0.2, 0.25) is 5.02 Å². The molecular formula is C23H21ClN2O4S. The number of fused-ring (bicyclic) bond motifs is 1. The van der Waals surface area contributed by atoms with E-state index in [2.05, 4.69) is 4.98 Å². The number of rotatable bonds is 6. The number of benzene rings is 2. The minimum Gasteiger partial charge on any atom is -0.468 e. The summed E-state index contributed by atoms with van der Waals surface area (Å²) in [6.07, 6.45) is 1.48. The highest BCUT2D eigenvalue weighted by Gasteiger charge is 2.27. The molecule has 0 radical (unpaired) electrons. The van der Waals surface area contributed by atoms with Gasteiger partial charge in [0, 0.05) is 22.6 Å². The highest BCUT2D eigenvalue weighted by atomic mass is 35.5. The van der Waals surface area contributed by atoms with Gasteiger partial charge in [-0.05, 0) is 67.3 Å². The van der Waals surface area contributed by atoms with E-state index in [1.54, 1.807) is 31.2 Å². The van der Waals surface area contributed by atoms with E-state index in [0.717, 1.165) is 16.5 Å². The second kappa shape index (κ2) is 8.34. The van der Waals surface area contributed by atoms with Gasteiger partial charge in [0.2, 0.25) is 10.0 Å². The number of aromatic amines is 1. The van der Waals surface area contributed by atoms with Gasteiger partial charge in [-0.25, -0.2) is 8.42 Å². The molecule has 0 unspecified atom stereocenters. The maximum absolute atomic E-state index is 13.5. The molecule has 4 rings (SSSR count). The van der Waals surface area contributed by atoms with Crippen molar-refractivity contribution < 1.29 is 12.8 Å². The van der Waals surface area contributed by atoms with Crippen molar-refractivity contribution in [1.29, 1.82) is 0 Å². The Balaban J connectivity index is 1.78. The largest absolute Gasteiger partial charge is 0.468 e. The van der Waals surface area contributed by atoms with Gasteiger partial charge < -0.3 is 9.40 Å². The van der Waals surface area contributed by atoms with E-state index in [9.17, 15) is 13.2 Å². The van der Waals surface area contributed by atoms with Gasteiger partial charge in [-0.2, -0.15) is 4.31 Å². The third kappa shape index (κ3) is 4.44. The minimum atomic E-state index is -3.96. The van der Waals surface area contributed by atoms with Crippen LogP contribution in [-0.2, 0) is 23.1 Å². The van der Waals surface area contributed by atoms with Crippen LogP contribution in [0.1, 0.15) is 22.5 Å². The van der Waals surface area contributed by atoms with Gasteiger partial charge in [0.15, 0.2) is 0 Å². The Kier molecular flexibility index (Phi) is 5.75. The summed E-state index contributed by atoms with van der Waals surface area (Å²) in [5.74, 6) is 0.467. The average Bonchev–Trinajstić information content (AvgIpc) is 3.23. The summed E-state index contributed by atoms with van der Waals surface area (Å²) >= 11 is 6.18. The summed E-state index contributed by atoms with van der Waals surface area (Å²) in [6, 6.07) is 15.4. The zero-order valence-electron chi connectivity index (χ0n) is 17.1. The molecule has 0 aliphatic rings. The number of H-pyrrole nitrogens is 1. The molecule has 31 heavy (non-hydrogen) atoms. The number of nitrogens with one attached hydrogen (secondary N) is 1. The second-order valence-electron chi connectivity index (χ2n) is 7.48. The second-order valence-corrected chi connectivity index (χ2v) is 9.82. The van der Waals surface area contributed by atoms with Crippen LogP contribution in [0.4, 0.5) is 0 Å². The van der Waals surface area contributed by atoms with E-state index in [0.29, 0.717) is 21.9 Å². The summed E-state index contributed by atoms with van der Waals surface area (Å²) in [5.41, 5.74) is 2.52. The molecule has 0 saturated carbocycles. The molecule has 2 heterocycles. The van der Waals surface area contributed by atoms with Crippen LogP contribution in [0.25, 0.3) is 10.9 Å². The van der Waals surface area contributed by atoms with E-state index in [-0.39, 0.29) is 23.5 Å². The highest BCUT2D eigenvalue weighted by molar-refractivity contribution is 7.89. The standard InChI is InChI=1S/C23H21ClN2O4S/c1-15-5-8-22-17(10-15)11-18(23(27)25-22)13-26(14-19-4-3-9-30-19)31(28,29)20-7-6-16(2)21(24)12-20/h3-12H,13-14H2,1-2H3,(H,25,27). The van der Waals surface area contributed by atoms with Crippen molar-refractivity contribution in [2.75, 3.05) is 0 Å². The van der Waals surface area contributed by atoms with Crippen molar-refractivity contribution in [2.45, 2.75) is 31.8 Å². The topological polar surface area (TPSA) is 83.4 Å². The number of nitrogens with zero attached hydrogens (tertiary/aromatic N) is 1. The van der Waals surface area contributed by atoms with Gasteiger partial charge >= 0.3 is 0 Å². The SMILES string of the molecule is Cc1ccc2[nH]c(=O)c(CN(Cc3ccco3)S(=O)(=O)c3ccc(C)c(Cl)c3)cc2c1. The van der Waals surface area contributed by atoms with Crippen LogP contribution in [0.3, 0.4) is 0 Å². The Morgan fingerprint density at radius 2 is 1.84 bits per heavy atom. The van der Waals surface area contributed by atoms with Crippen LogP contribution >= 0.6 is 11.6 Å². The van der Waals surface area contributed by atoms with Crippen molar-refractivity contribution in [2.24, 2.45) is 0 Å². The average molecular weight is 457 g/mol. The van der Waals surface area contributed by atoms with Crippen LogP contribution in [0.15, 0.2) is 75.0 Å². The number of pyridine rings is 1. The van der Waals surface area contributed by atoms with Gasteiger partial charge in [-0.1, -0.05) is 29.3 Å². The predicted octanol–water partition coefficient (Wildman–Crippen LogP) is 4.78. The summed E-state index contributed by atoms with van der Waals surface area (Å²) in [6.45, 7) is 3.62. The smallest absolute Gasteiger partial charge is 0.252 e. The molecule has 0 aliphatic heterocycles. The number of hydrogen-bond acceptors (Lipinski definition) is 4. The fourth-order valence-corrected chi connectivity index (χ4v) is 5.02. The summed E-state index contributed by atoms with van der Waals surface area (Å²) in [5, 5.41) is 1.20. The quantitative estimate of drug-likeness (QED) is 0.452. The van der Waals surface area contributed by atoms with Crippen LogP contribution in [-0.4, -0.2) is 17.7 Å². The van der Waals surface area contributed by atoms with Gasteiger partial charge in [-0.15, -0.1) is 0 Å². The molecule has 8 heteroatoms. The zero-order valence-corrected chi connectivity index (χ0v) is 18.6. The van der Waals surface area contributed by atoms with E-state index >= 15 is 0 Å². The Labute approximate surface area is 185 Å². The van der Waals surface area contributed by atoms with E-state index in [4.69, 9.17) is 16.0 Å². The molecule has 6 nitrogen and oxygen atoms in total. The van der Waals surface area contributed by atoms with Crippen molar-refractivity contribution in [3.63, 3.8) is 0 Å². The molecular weight excluding hydrogens is 436 g/mol. The first kappa shape index (κ1) is 21.4. The number of aryl methyl sites for hydroxylation is 2. The fourth-order valence-electron chi connectivity index (χ4n) is 3.36. The van der Waals surface area contributed by atoms with Gasteiger partial charge in [0.25, 0.3) is 5.56 Å². The van der Waals surface area contributed by atoms with E-state index < -0.39 is 10.0 Å². The number of sulfonamides is 1. The van der Waals surface area contributed by atoms with Gasteiger partial charge in [0.1, 0.15) is 5.76 Å². The minimum absolute atomic E-state index is 0.0217. The Morgan fingerprint density at radius 1 is 1.03 bits per heavy atom. The van der Waals surface area contributed by atoms with E-state index in [1.165, 1.54) is 22.7 Å².